The van der Waals surface area contributed by atoms with Crippen molar-refractivity contribution in [3.63, 3.8) is 0 Å². The highest BCUT2D eigenvalue weighted by Crippen LogP contribution is 2.25. The van der Waals surface area contributed by atoms with E-state index in [2.05, 4.69) is 20.9 Å². The molecule has 0 aliphatic carbocycles. The van der Waals surface area contributed by atoms with Gasteiger partial charge in [-0.25, -0.2) is 0 Å². The van der Waals surface area contributed by atoms with Crippen LogP contribution in [0.1, 0.15) is 12.5 Å². The number of methoxy groups -OCH3 is 1. The topological polar surface area (TPSA) is 84.0 Å². The summed E-state index contributed by atoms with van der Waals surface area (Å²) in [6.45, 7) is 3.16. The van der Waals surface area contributed by atoms with Crippen LogP contribution in [0.5, 0.6) is 11.5 Å². The standard InChI is InChI=1S/C20H26N4O3/c1-15(25)24-18-13-16(9-10-19(18)26-3)14-23-20(21-2)22-11-12-27-17-7-5-4-6-8-17/h4-10,13H,11-12,14H2,1-3H3,(H,24,25)(H2,21,22,23). The summed E-state index contributed by atoms with van der Waals surface area (Å²) in [4.78, 5) is 15.5. The van der Waals surface area contributed by atoms with Gasteiger partial charge in [0.05, 0.1) is 19.3 Å². The fourth-order valence-electron chi connectivity index (χ4n) is 2.41. The van der Waals surface area contributed by atoms with Gasteiger partial charge in [-0.3, -0.25) is 9.79 Å². The second-order valence-corrected chi connectivity index (χ2v) is 5.73. The number of nitrogens with zero attached hydrogens (tertiary/aromatic N) is 1. The lowest BCUT2D eigenvalue weighted by atomic mass is 10.2. The summed E-state index contributed by atoms with van der Waals surface area (Å²) in [5.41, 5.74) is 1.63. The Morgan fingerprint density at radius 3 is 2.56 bits per heavy atom. The van der Waals surface area contributed by atoms with Crippen molar-refractivity contribution in [3.05, 3.63) is 54.1 Å². The van der Waals surface area contributed by atoms with Crippen LogP contribution in [0.4, 0.5) is 5.69 Å². The van der Waals surface area contributed by atoms with Gasteiger partial charge >= 0.3 is 0 Å². The molecule has 0 fully saturated rings. The first-order valence-electron chi connectivity index (χ1n) is 8.69. The Balaban J connectivity index is 1.82. The van der Waals surface area contributed by atoms with Crippen LogP contribution in [-0.4, -0.2) is 39.2 Å². The maximum Gasteiger partial charge on any atom is 0.221 e. The molecule has 0 aliphatic heterocycles. The van der Waals surface area contributed by atoms with Crippen LogP contribution >= 0.6 is 0 Å². The average Bonchev–Trinajstić information content (AvgIpc) is 2.68. The SMILES string of the molecule is CN=C(NCCOc1ccccc1)NCc1ccc(OC)c(NC(C)=O)c1. The zero-order chi connectivity index (χ0) is 19.5. The molecule has 0 saturated carbocycles. The van der Waals surface area contributed by atoms with Crippen molar-refractivity contribution in [1.82, 2.24) is 10.6 Å². The first kappa shape index (κ1) is 20.1. The number of benzene rings is 2. The van der Waals surface area contributed by atoms with E-state index in [1.165, 1.54) is 6.92 Å². The van der Waals surface area contributed by atoms with Crippen molar-refractivity contribution in [1.29, 1.82) is 0 Å². The van der Waals surface area contributed by atoms with Gasteiger partial charge in [0.2, 0.25) is 5.91 Å². The summed E-state index contributed by atoms with van der Waals surface area (Å²) in [7, 11) is 3.28. The van der Waals surface area contributed by atoms with Gasteiger partial charge in [0.15, 0.2) is 5.96 Å². The molecule has 0 bridgehead atoms. The van der Waals surface area contributed by atoms with Crippen LogP contribution in [0.3, 0.4) is 0 Å². The van der Waals surface area contributed by atoms with Gasteiger partial charge in [0.25, 0.3) is 0 Å². The molecular weight excluding hydrogens is 344 g/mol. The van der Waals surface area contributed by atoms with E-state index < -0.39 is 0 Å². The fourth-order valence-corrected chi connectivity index (χ4v) is 2.41. The average molecular weight is 370 g/mol. The highest BCUT2D eigenvalue weighted by atomic mass is 16.5. The number of aliphatic imine (C=N–C) groups is 1. The molecule has 0 unspecified atom stereocenters. The Bertz CT molecular complexity index is 763. The van der Waals surface area contributed by atoms with E-state index in [1.807, 2.05) is 48.5 Å². The number of anilines is 1. The summed E-state index contributed by atoms with van der Waals surface area (Å²) < 4.78 is 10.9. The van der Waals surface area contributed by atoms with Gasteiger partial charge in [-0.15, -0.1) is 0 Å². The molecule has 0 saturated heterocycles. The summed E-state index contributed by atoms with van der Waals surface area (Å²) in [5, 5.41) is 9.20. The highest BCUT2D eigenvalue weighted by Gasteiger charge is 2.06. The Hall–Kier alpha value is -3.22. The van der Waals surface area contributed by atoms with Gasteiger partial charge in [-0.1, -0.05) is 24.3 Å². The van der Waals surface area contributed by atoms with Crippen molar-refractivity contribution in [2.24, 2.45) is 4.99 Å². The van der Waals surface area contributed by atoms with Crippen LogP contribution < -0.4 is 25.4 Å². The predicted octanol–water partition coefficient (Wildman–Crippen LogP) is 2.40. The number of hydrogen-bond acceptors (Lipinski definition) is 4. The number of para-hydroxylation sites is 1. The lowest BCUT2D eigenvalue weighted by molar-refractivity contribution is -0.114. The zero-order valence-electron chi connectivity index (χ0n) is 15.9. The lowest BCUT2D eigenvalue weighted by Crippen LogP contribution is -2.38. The number of amides is 1. The fraction of sp³-hybridized carbons (Fsp3) is 0.300. The number of guanidine groups is 1. The third-order valence-corrected chi connectivity index (χ3v) is 3.66. The van der Waals surface area contributed by atoms with E-state index >= 15 is 0 Å². The third kappa shape index (κ3) is 6.89. The molecule has 2 aromatic rings. The molecular formula is C20H26N4O3. The van der Waals surface area contributed by atoms with Gasteiger partial charge in [-0.05, 0) is 29.8 Å². The van der Waals surface area contributed by atoms with Crippen molar-refractivity contribution in [2.45, 2.75) is 13.5 Å². The van der Waals surface area contributed by atoms with Gasteiger partial charge in [0, 0.05) is 20.5 Å². The summed E-state index contributed by atoms with van der Waals surface area (Å²) in [5.74, 6) is 1.98. The number of carbonyl (C=O) groups excluding carboxylic acids is 1. The maximum absolute atomic E-state index is 11.3. The Kier molecular flexibility index (Phi) is 7.96. The smallest absolute Gasteiger partial charge is 0.221 e. The first-order valence-corrected chi connectivity index (χ1v) is 8.69. The van der Waals surface area contributed by atoms with E-state index in [1.54, 1.807) is 14.2 Å². The Morgan fingerprint density at radius 1 is 1.11 bits per heavy atom. The minimum absolute atomic E-state index is 0.144. The summed E-state index contributed by atoms with van der Waals surface area (Å²) in [6.07, 6.45) is 0. The number of rotatable bonds is 8. The third-order valence-electron chi connectivity index (χ3n) is 3.66. The Morgan fingerprint density at radius 2 is 1.89 bits per heavy atom. The molecule has 7 nitrogen and oxygen atoms in total. The van der Waals surface area contributed by atoms with E-state index in [-0.39, 0.29) is 5.91 Å². The number of carbonyl (C=O) groups is 1. The van der Waals surface area contributed by atoms with Gasteiger partial charge < -0.3 is 25.4 Å². The van der Waals surface area contributed by atoms with E-state index in [0.717, 1.165) is 11.3 Å². The highest BCUT2D eigenvalue weighted by molar-refractivity contribution is 5.90. The van der Waals surface area contributed by atoms with Crippen LogP contribution in [0.15, 0.2) is 53.5 Å². The van der Waals surface area contributed by atoms with Crippen molar-refractivity contribution in [2.75, 3.05) is 32.6 Å². The van der Waals surface area contributed by atoms with Crippen LogP contribution in [-0.2, 0) is 11.3 Å². The Labute approximate surface area is 159 Å². The number of hydrogen-bond donors (Lipinski definition) is 3. The number of ether oxygens (including phenoxy) is 2. The molecule has 7 heteroatoms. The van der Waals surface area contributed by atoms with Gasteiger partial charge in [0.1, 0.15) is 18.1 Å². The molecule has 0 heterocycles. The zero-order valence-corrected chi connectivity index (χ0v) is 15.9. The molecule has 144 valence electrons. The first-order chi connectivity index (χ1) is 13.1. The van der Waals surface area contributed by atoms with Crippen molar-refractivity contribution in [3.8, 4) is 11.5 Å². The molecule has 2 rings (SSSR count). The molecule has 1 amide bonds. The van der Waals surface area contributed by atoms with Crippen LogP contribution in [0.25, 0.3) is 0 Å². The molecule has 2 aromatic carbocycles. The second-order valence-electron chi connectivity index (χ2n) is 5.73. The monoisotopic (exact) mass is 370 g/mol. The summed E-state index contributed by atoms with van der Waals surface area (Å²) >= 11 is 0. The molecule has 0 radical (unpaired) electrons. The predicted molar refractivity (Wildman–Crippen MR) is 107 cm³/mol. The molecule has 3 N–H and O–H groups in total. The van der Waals surface area contributed by atoms with Crippen LogP contribution in [0.2, 0.25) is 0 Å². The second kappa shape index (κ2) is 10.7. The minimum atomic E-state index is -0.144. The van der Waals surface area contributed by atoms with E-state index in [9.17, 15) is 4.79 Å². The normalized spacial score (nSPS) is 10.9. The largest absolute Gasteiger partial charge is 0.495 e. The number of nitrogens with one attached hydrogen (secondary N) is 3. The molecule has 0 atom stereocenters. The molecule has 0 spiro atoms. The van der Waals surface area contributed by atoms with Crippen LogP contribution in [0, 0.1) is 0 Å². The van der Waals surface area contributed by atoms with E-state index in [0.29, 0.717) is 37.1 Å². The minimum Gasteiger partial charge on any atom is -0.495 e. The molecule has 0 aromatic heterocycles. The van der Waals surface area contributed by atoms with E-state index in [4.69, 9.17) is 9.47 Å². The maximum atomic E-state index is 11.3. The quantitative estimate of drug-likeness (QED) is 0.378. The molecule has 27 heavy (non-hydrogen) atoms. The van der Waals surface area contributed by atoms with Gasteiger partial charge in [-0.2, -0.15) is 0 Å². The van der Waals surface area contributed by atoms with Crippen molar-refractivity contribution >= 4 is 17.6 Å². The summed E-state index contributed by atoms with van der Waals surface area (Å²) in [6, 6.07) is 15.3. The lowest BCUT2D eigenvalue weighted by Gasteiger charge is -2.14. The molecule has 0 aliphatic rings. The van der Waals surface area contributed by atoms with Crippen molar-refractivity contribution < 1.29 is 14.3 Å².